The van der Waals surface area contributed by atoms with Gasteiger partial charge in [-0.25, -0.2) is 0 Å². The first-order chi connectivity index (χ1) is 9.69. The molecule has 0 bridgehead atoms. The molecule has 112 valence electrons. The maximum Gasteiger partial charge on any atom is 0.193 e. The molecule has 0 atom stereocenters. The second kappa shape index (κ2) is 7.31. The number of rotatable bonds is 4. The van der Waals surface area contributed by atoms with Gasteiger partial charge in [0.1, 0.15) is 0 Å². The fraction of sp³-hybridized carbons (Fsp3) is 0.733. The van der Waals surface area contributed by atoms with Gasteiger partial charge in [0.2, 0.25) is 0 Å². The highest BCUT2D eigenvalue weighted by Crippen LogP contribution is 2.15. The molecule has 0 spiro atoms. The smallest absolute Gasteiger partial charge is 0.193 e. The number of guanidine groups is 1. The Kier molecular flexibility index (Phi) is 5.44. The van der Waals surface area contributed by atoms with Gasteiger partial charge in [-0.15, -0.1) is 0 Å². The molecular weight excluding hydrogens is 250 g/mol. The van der Waals surface area contributed by atoms with E-state index in [1.807, 2.05) is 17.9 Å². The summed E-state index contributed by atoms with van der Waals surface area (Å²) in [5, 5.41) is 7.76. The van der Waals surface area contributed by atoms with Gasteiger partial charge in [-0.1, -0.05) is 6.92 Å². The van der Waals surface area contributed by atoms with E-state index in [1.165, 1.54) is 18.4 Å². The Bertz CT molecular complexity index is 429. The molecule has 1 fully saturated rings. The van der Waals surface area contributed by atoms with Gasteiger partial charge in [-0.3, -0.25) is 9.67 Å². The summed E-state index contributed by atoms with van der Waals surface area (Å²) < 4.78 is 2.00. The van der Waals surface area contributed by atoms with Crippen molar-refractivity contribution in [3.8, 4) is 0 Å². The van der Waals surface area contributed by atoms with Crippen molar-refractivity contribution in [2.45, 2.75) is 39.7 Å². The Morgan fingerprint density at radius 1 is 1.45 bits per heavy atom. The van der Waals surface area contributed by atoms with Crippen LogP contribution in [-0.4, -0.2) is 47.3 Å². The molecule has 1 aliphatic rings. The zero-order chi connectivity index (χ0) is 14.4. The summed E-state index contributed by atoms with van der Waals surface area (Å²) in [5.74, 6) is 1.90. The zero-order valence-corrected chi connectivity index (χ0v) is 13.0. The predicted octanol–water partition coefficient (Wildman–Crippen LogP) is 1.89. The van der Waals surface area contributed by atoms with Gasteiger partial charge in [-0.2, -0.15) is 5.10 Å². The molecule has 5 nitrogen and oxygen atoms in total. The monoisotopic (exact) mass is 277 g/mol. The van der Waals surface area contributed by atoms with Crippen LogP contribution in [-0.2, 0) is 6.54 Å². The highest BCUT2D eigenvalue weighted by atomic mass is 15.3. The molecule has 1 aromatic rings. The van der Waals surface area contributed by atoms with E-state index in [0.717, 1.165) is 44.5 Å². The Labute approximate surface area is 122 Å². The van der Waals surface area contributed by atoms with E-state index in [9.17, 15) is 0 Å². The minimum absolute atomic E-state index is 0.854. The molecule has 2 rings (SSSR count). The number of nitrogens with one attached hydrogen (secondary N) is 1. The quantitative estimate of drug-likeness (QED) is 0.519. The maximum atomic E-state index is 4.39. The van der Waals surface area contributed by atoms with E-state index in [2.05, 4.69) is 40.4 Å². The molecule has 5 heteroatoms. The fourth-order valence-corrected chi connectivity index (χ4v) is 2.58. The number of nitrogens with zero attached hydrogens (tertiary/aromatic N) is 4. The highest BCUT2D eigenvalue weighted by molar-refractivity contribution is 5.79. The summed E-state index contributed by atoms with van der Waals surface area (Å²) in [6.07, 6.45) is 7.59. The molecule has 0 aliphatic carbocycles. The van der Waals surface area contributed by atoms with Crippen LogP contribution in [0.15, 0.2) is 17.4 Å². The standard InChI is InChI=1S/C15H27N5/c1-13-5-9-19(10-6-13)15(16-3)17-7-4-8-20-12-14(2)11-18-20/h11-13H,4-10H2,1-3H3,(H,16,17). The molecule has 20 heavy (non-hydrogen) atoms. The van der Waals surface area contributed by atoms with Crippen molar-refractivity contribution < 1.29 is 0 Å². The average Bonchev–Trinajstić information content (AvgIpc) is 2.86. The van der Waals surface area contributed by atoms with E-state index in [4.69, 9.17) is 0 Å². The summed E-state index contributed by atoms with van der Waals surface area (Å²) in [7, 11) is 1.87. The summed E-state index contributed by atoms with van der Waals surface area (Å²) in [5.41, 5.74) is 1.22. The van der Waals surface area contributed by atoms with Crippen molar-refractivity contribution in [3.63, 3.8) is 0 Å². The second-order valence-electron chi connectivity index (χ2n) is 5.78. The molecule has 1 saturated heterocycles. The first-order valence-corrected chi connectivity index (χ1v) is 7.63. The van der Waals surface area contributed by atoms with Crippen LogP contribution in [0, 0.1) is 12.8 Å². The van der Waals surface area contributed by atoms with Gasteiger partial charge in [-0.05, 0) is 37.7 Å². The lowest BCUT2D eigenvalue weighted by molar-refractivity contribution is 0.273. The molecule has 1 N–H and O–H groups in total. The number of hydrogen-bond donors (Lipinski definition) is 1. The topological polar surface area (TPSA) is 45.5 Å². The zero-order valence-electron chi connectivity index (χ0n) is 13.0. The minimum atomic E-state index is 0.854. The second-order valence-corrected chi connectivity index (χ2v) is 5.78. The Morgan fingerprint density at radius 2 is 2.20 bits per heavy atom. The molecule has 0 amide bonds. The summed E-state index contributed by atoms with van der Waals surface area (Å²) in [6.45, 7) is 8.55. The van der Waals surface area contributed by atoms with Crippen molar-refractivity contribution in [2.75, 3.05) is 26.7 Å². The van der Waals surface area contributed by atoms with Crippen molar-refractivity contribution in [2.24, 2.45) is 10.9 Å². The number of aromatic nitrogens is 2. The van der Waals surface area contributed by atoms with Gasteiger partial charge >= 0.3 is 0 Å². The van der Waals surface area contributed by atoms with Crippen LogP contribution in [0.25, 0.3) is 0 Å². The van der Waals surface area contributed by atoms with Crippen molar-refractivity contribution in [1.82, 2.24) is 20.0 Å². The summed E-state index contributed by atoms with van der Waals surface area (Å²) in [6, 6.07) is 0. The van der Waals surface area contributed by atoms with Crippen molar-refractivity contribution >= 4 is 5.96 Å². The van der Waals surface area contributed by atoms with Gasteiger partial charge in [0.25, 0.3) is 0 Å². The maximum absolute atomic E-state index is 4.39. The van der Waals surface area contributed by atoms with Crippen molar-refractivity contribution in [1.29, 1.82) is 0 Å². The van der Waals surface area contributed by atoms with Crippen LogP contribution < -0.4 is 5.32 Å². The van der Waals surface area contributed by atoms with Crippen molar-refractivity contribution in [3.05, 3.63) is 18.0 Å². The van der Waals surface area contributed by atoms with E-state index >= 15 is 0 Å². The lowest BCUT2D eigenvalue weighted by atomic mass is 10.00. The SMILES string of the molecule is CN=C(NCCCn1cc(C)cn1)N1CCC(C)CC1. The molecule has 2 heterocycles. The van der Waals surface area contributed by atoms with Crippen LogP contribution in [0.3, 0.4) is 0 Å². The lowest BCUT2D eigenvalue weighted by Gasteiger charge is -2.32. The Morgan fingerprint density at radius 3 is 2.80 bits per heavy atom. The molecule has 0 aromatic carbocycles. The van der Waals surface area contributed by atoms with Crippen LogP contribution >= 0.6 is 0 Å². The molecule has 0 radical (unpaired) electrons. The van der Waals surface area contributed by atoms with Crippen LogP contribution in [0.1, 0.15) is 31.7 Å². The van der Waals surface area contributed by atoms with Crippen LogP contribution in [0.4, 0.5) is 0 Å². The number of piperidine rings is 1. The third kappa shape index (κ3) is 4.25. The van der Waals surface area contributed by atoms with Gasteiger partial charge in [0, 0.05) is 39.4 Å². The average molecular weight is 277 g/mol. The fourth-order valence-electron chi connectivity index (χ4n) is 2.58. The number of aliphatic imine (C=N–C) groups is 1. The third-order valence-corrected chi connectivity index (χ3v) is 3.90. The summed E-state index contributed by atoms with van der Waals surface area (Å²) >= 11 is 0. The largest absolute Gasteiger partial charge is 0.356 e. The first-order valence-electron chi connectivity index (χ1n) is 7.63. The molecular formula is C15H27N5. The highest BCUT2D eigenvalue weighted by Gasteiger charge is 2.18. The first kappa shape index (κ1) is 14.9. The lowest BCUT2D eigenvalue weighted by Crippen LogP contribution is -2.45. The van der Waals surface area contributed by atoms with Gasteiger partial charge in [0.15, 0.2) is 5.96 Å². The Hall–Kier alpha value is -1.52. The number of hydrogen-bond acceptors (Lipinski definition) is 2. The van der Waals surface area contributed by atoms with Crippen LogP contribution in [0.2, 0.25) is 0 Å². The molecule has 1 aromatic heterocycles. The molecule has 0 saturated carbocycles. The summed E-state index contributed by atoms with van der Waals surface area (Å²) in [4.78, 5) is 6.77. The molecule has 1 aliphatic heterocycles. The minimum Gasteiger partial charge on any atom is -0.356 e. The van der Waals surface area contributed by atoms with E-state index in [-0.39, 0.29) is 0 Å². The third-order valence-electron chi connectivity index (χ3n) is 3.90. The van der Waals surface area contributed by atoms with Gasteiger partial charge < -0.3 is 10.2 Å². The normalized spacial score (nSPS) is 17.6. The van der Waals surface area contributed by atoms with Gasteiger partial charge in [0.05, 0.1) is 6.20 Å². The number of aryl methyl sites for hydroxylation is 2. The van der Waals surface area contributed by atoms with E-state index in [1.54, 1.807) is 0 Å². The Balaban J connectivity index is 1.69. The van der Waals surface area contributed by atoms with E-state index < -0.39 is 0 Å². The molecule has 0 unspecified atom stereocenters. The van der Waals surface area contributed by atoms with E-state index in [0.29, 0.717) is 0 Å². The predicted molar refractivity (Wildman–Crippen MR) is 82.9 cm³/mol. The number of likely N-dealkylation sites (tertiary alicyclic amines) is 1. The van der Waals surface area contributed by atoms with Crippen LogP contribution in [0.5, 0.6) is 0 Å².